The summed E-state index contributed by atoms with van der Waals surface area (Å²) < 4.78 is 15.7. The highest BCUT2D eigenvalue weighted by Gasteiger charge is 2.16. The van der Waals surface area contributed by atoms with E-state index in [-0.39, 0.29) is 23.5 Å². The van der Waals surface area contributed by atoms with Crippen LogP contribution in [-0.4, -0.2) is 26.4 Å². The van der Waals surface area contributed by atoms with Gasteiger partial charge in [0.15, 0.2) is 11.0 Å². The van der Waals surface area contributed by atoms with Crippen LogP contribution >= 0.6 is 11.8 Å². The van der Waals surface area contributed by atoms with Gasteiger partial charge >= 0.3 is 0 Å². The molecular formula is C23H27FN4OS. The van der Waals surface area contributed by atoms with Crippen LogP contribution in [0.1, 0.15) is 37.9 Å². The second kappa shape index (κ2) is 9.89. The van der Waals surface area contributed by atoms with Crippen LogP contribution in [0.4, 0.5) is 4.39 Å². The number of rotatable bonds is 8. The molecule has 0 spiro atoms. The van der Waals surface area contributed by atoms with Gasteiger partial charge in [-0.2, -0.15) is 0 Å². The minimum Gasteiger partial charge on any atom is -0.349 e. The number of nitrogens with one attached hydrogen (secondary N) is 1. The summed E-state index contributed by atoms with van der Waals surface area (Å²) >= 11 is 1.28. The number of amides is 1. The maximum atomic E-state index is 14.0. The zero-order valence-electron chi connectivity index (χ0n) is 17.7. The summed E-state index contributed by atoms with van der Waals surface area (Å²) in [5, 5.41) is 11.8. The Hall–Kier alpha value is -2.67. The van der Waals surface area contributed by atoms with Crippen molar-refractivity contribution in [3.05, 3.63) is 65.5 Å². The number of carbonyl (C=O) groups is 1. The van der Waals surface area contributed by atoms with Crippen molar-refractivity contribution in [2.24, 2.45) is 13.0 Å². The lowest BCUT2D eigenvalue weighted by Crippen LogP contribution is -2.28. The van der Waals surface area contributed by atoms with Gasteiger partial charge in [-0.15, -0.1) is 10.2 Å². The molecule has 0 bridgehead atoms. The zero-order valence-corrected chi connectivity index (χ0v) is 18.5. The van der Waals surface area contributed by atoms with E-state index < -0.39 is 0 Å². The van der Waals surface area contributed by atoms with Crippen LogP contribution in [0, 0.1) is 11.7 Å². The highest BCUT2D eigenvalue weighted by molar-refractivity contribution is 7.99. The van der Waals surface area contributed by atoms with Gasteiger partial charge in [-0.3, -0.25) is 4.79 Å². The molecule has 0 aliphatic carbocycles. The van der Waals surface area contributed by atoms with Crippen molar-refractivity contribution in [2.75, 3.05) is 5.75 Å². The molecule has 0 radical (unpaired) electrons. The predicted molar refractivity (Wildman–Crippen MR) is 119 cm³/mol. The highest BCUT2D eigenvalue weighted by atomic mass is 32.2. The van der Waals surface area contributed by atoms with E-state index in [2.05, 4.69) is 53.6 Å². The van der Waals surface area contributed by atoms with E-state index in [0.29, 0.717) is 22.5 Å². The van der Waals surface area contributed by atoms with Crippen LogP contribution in [0.25, 0.3) is 11.4 Å². The van der Waals surface area contributed by atoms with E-state index in [9.17, 15) is 9.18 Å². The molecule has 30 heavy (non-hydrogen) atoms. The predicted octanol–water partition coefficient (Wildman–Crippen LogP) is 4.79. The number of hydrogen-bond acceptors (Lipinski definition) is 4. The van der Waals surface area contributed by atoms with Crippen molar-refractivity contribution in [2.45, 2.75) is 38.4 Å². The van der Waals surface area contributed by atoms with Crippen LogP contribution in [0.3, 0.4) is 0 Å². The van der Waals surface area contributed by atoms with Crippen molar-refractivity contribution in [3.8, 4) is 11.4 Å². The molecule has 5 nitrogen and oxygen atoms in total. The van der Waals surface area contributed by atoms with Gasteiger partial charge in [0.25, 0.3) is 0 Å². The number of aromatic nitrogens is 3. The smallest absolute Gasteiger partial charge is 0.230 e. The van der Waals surface area contributed by atoms with Gasteiger partial charge in [-0.05, 0) is 42.5 Å². The van der Waals surface area contributed by atoms with E-state index >= 15 is 0 Å². The molecule has 3 aromatic rings. The van der Waals surface area contributed by atoms with Gasteiger partial charge < -0.3 is 9.88 Å². The zero-order chi connectivity index (χ0) is 21.7. The van der Waals surface area contributed by atoms with Gasteiger partial charge in [0.1, 0.15) is 5.82 Å². The summed E-state index contributed by atoms with van der Waals surface area (Å²) in [6.07, 6.45) is 1.05. The highest BCUT2D eigenvalue weighted by Crippen LogP contribution is 2.24. The minimum absolute atomic E-state index is 0.0836. The number of nitrogens with zero attached hydrogens (tertiary/aromatic N) is 3. The lowest BCUT2D eigenvalue weighted by molar-refractivity contribution is -0.119. The Labute approximate surface area is 181 Å². The fraction of sp³-hybridized carbons (Fsp3) is 0.348. The second-order valence-corrected chi connectivity index (χ2v) is 8.70. The molecule has 2 aromatic carbocycles. The molecular weight excluding hydrogens is 399 g/mol. The molecule has 0 fully saturated rings. The molecule has 0 aliphatic heterocycles. The van der Waals surface area contributed by atoms with E-state index in [1.54, 1.807) is 29.8 Å². The third-order valence-corrected chi connectivity index (χ3v) is 5.80. The van der Waals surface area contributed by atoms with Gasteiger partial charge in [0, 0.05) is 7.05 Å². The summed E-state index contributed by atoms with van der Waals surface area (Å²) in [6, 6.07) is 14.7. The first kappa shape index (κ1) is 22.0. The SMILES string of the molecule is CC(C)Cc1ccc([C@@H](C)NC(=O)CSc2nnc(-c3ccccc3F)n2C)cc1. The molecule has 0 saturated carbocycles. The first-order valence-corrected chi connectivity index (χ1v) is 11.0. The number of thioether (sulfide) groups is 1. The Morgan fingerprint density at radius 3 is 2.47 bits per heavy atom. The Balaban J connectivity index is 1.56. The summed E-state index contributed by atoms with van der Waals surface area (Å²) in [4.78, 5) is 12.4. The summed E-state index contributed by atoms with van der Waals surface area (Å²) in [7, 11) is 1.77. The first-order valence-electron chi connectivity index (χ1n) is 10.0. The van der Waals surface area contributed by atoms with Crippen molar-refractivity contribution >= 4 is 17.7 Å². The third kappa shape index (κ3) is 5.48. The molecule has 0 unspecified atom stereocenters. The topological polar surface area (TPSA) is 59.8 Å². The quantitative estimate of drug-likeness (QED) is 0.526. The standard InChI is InChI=1S/C23H27FN4OS/c1-15(2)13-17-9-11-18(12-10-17)16(3)25-21(29)14-30-23-27-26-22(28(23)4)19-7-5-6-8-20(19)24/h5-12,15-16H,13-14H2,1-4H3,(H,25,29)/t16-/m1/s1. The van der Waals surface area contributed by atoms with Crippen molar-refractivity contribution in [3.63, 3.8) is 0 Å². The molecule has 1 aromatic heterocycles. The van der Waals surface area contributed by atoms with E-state index in [1.165, 1.54) is 23.4 Å². The lowest BCUT2D eigenvalue weighted by atomic mass is 10.00. The molecule has 3 rings (SSSR count). The van der Waals surface area contributed by atoms with Gasteiger partial charge in [-0.1, -0.05) is 62.0 Å². The van der Waals surface area contributed by atoms with Crippen molar-refractivity contribution in [1.82, 2.24) is 20.1 Å². The van der Waals surface area contributed by atoms with Crippen LogP contribution in [0.5, 0.6) is 0 Å². The van der Waals surface area contributed by atoms with Gasteiger partial charge in [0.05, 0.1) is 17.4 Å². The van der Waals surface area contributed by atoms with Crippen LogP contribution in [0.15, 0.2) is 53.7 Å². The van der Waals surface area contributed by atoms with E-state index in [1.807, 2.05) is 6.92 Å². The largest absolute Gasteiger partial charge is 0.349 e. The fourth-order valence-corrected chi connectivity index (χ4v) is 3.95. The monoisotopic (exact) mass is 426 g/mol. The summed E-state index contributed by atoms with van der Waals surface area (Å²) in [5.74, 6) is 0.819. The molecule has 0 aliphatic rings. The molecule has 0 saturated heterocycles. The number of halogens is 1. The average Bonchev–Trinajstić information content (AvgIpc) is 3.07. The Morgan fingerprint density at radius 1 is 1.10 bits per heavy atom. The van der Waals surface area contributed by atoms with Gasteiger partial charge in [-0.25, -0.2) is 4.39 Å². The van der Waals surface area contributed by atoms with Crippen molar-refractivity contribution in [1.29, 1.82) is 0 Å². The molecule has 1 amide bonds. The second-order valence-electron chi connectivity index (χ2n) is 7.76. The van der Waals surface area contributed by atoms with E-state index in [4.69, 9.17) is 0 Å². The van der Waals surface area contributed by atoms with Gasteiger partial charge in [0.2, 0.25) is 5.91 Å². The molecule has 1 N–H and O–H groups in total. The minimum atomic E-state index is -0.351. The van der Waals surface area contributed by atoms with Crippen LogP contribution in [0.2, 0.25) is 0 Å². The summed E-state index contributed by atoms with van der Waals surface area (Å²) in [5.41, 5.74) is 2.76. The lowest BCUT2D eigenvalue weighted by Gasteiger charge is -2.15. The maximum Gasteiger partial charge on any atom is 0.230 e. The van der Waals surface area contributed by atoms with Crippen LogP contribution < -0.4 is 5.32 Å². The molecule has 158 valence electrons. The number of hydrogen-bond donors (Lipinski definition) is 1. The number of carbonyl (C=O) groups excluding carboxylic acids is 1. The molecule has 1 heterocycles. The Kier molecular flexibility index (Phi) is 7.26. The maximum absolute atomic E-state index is 14.0. The molecule has 1 atom stereocenters. The van der Waals surface area contributed by atoms with Crippen molar-refractivity contribution < 1.29 is 9.18 Å². The normalized spacial score (nSPS) is 12.2. The van der Waals surface area contributed by atoms with Crippen LogP contribution in [-0.2, 0) is 18.3 Å². The fourth-order valence-electron chi connectivity index (χ4n) is 3.23. The first-order chi connectivity index (χ1) is 14.3. The third-order valence-electron chi connectivity index (χ3n) is 4.78. The Morgan fingerprint density at radius 2 is 1.80 bits per heavy atom. The summed E-state index contributed by atoms with van der Waals surface area (Å²) in [6.45, 7) is 6.37. The number of benzene rings is 2. The molecule has 7 heteroatoms. The van der Waals surface area contributed by atoms with E-state index in [0.717, 1.165) is 12.0 Å². The average molecular weight is 427 g/mol. The Bertz CT molecular complexity index is 1000.